The zero-order valence-corrected chi connectivity index (χ0v) is 11.1. The Kier molecular flexibility index (Phi) is 22.7. The molecule has 0 heterocycles. The van der Waals surface area contributed by atoms with Gasteiger partial charge in [-0.05, 0) is 6.42 Å². The Bertz CT molecular complexity index is 72.1. The van der Waals surface area contributed by atoms with E-state index in [1.54, 1.807) is 0 Å². The third-order valence-corrected chi connectivity index (χ3v) is 1.64. The van der Waals surface area contributed by atoms with Crippen LogP contribution in [0.25, 0.3) is 0 Å². The molecule has 4 heteroatoms. The van der Waals surface area contributed by atoms with Crippen LogP contribution in [-0.2, 0) is 0 Å². The van der Waals surface area contributed by atoms with Crippen LogP contribution >= 0.6 is 12.4 Å². The summed E-state index contributed by atoms with van der Waals surface area (Å²) in [6.07, 6.45) is 7.35. The first-order valence-corrected chi connectivity index (χ1v) is 4.28. The number of rotatable bonds is 6. The average Bonchev–Trinajstić information content (AvgIpc) is 1.87. The Balaban J connectivity index is -0.000000405. The van der Waals surface area contributed by atoms with Crippen molar-refractivity contribution in [1.29, 1.82) is 0 Å². The number of unbranched alkanes of at least 4 members (excludes halogenated alkanes) is 4. The predicted octanol–water partition coefficient (Wildman–Crippen LogP) is 1.90. The van der Waals surface area contributed by atoms with Crippen LogP contribution in [0, 0.1) is 0 Å². The third-order valence-electron chi connectivity index (χ3n) is 1.64. The van der Waals surface area contributed by atoms with Gasteiger partial charge in [-0.1, -0.05) is 39.0 Å². The van der Waals surface area contributed by atoms with Gasteiger partial charge in [0.25, 0.3) is 0 Å². The summed E-state index contributed by atoms with van der Waals surface area (Å²) in [6.45, 7) is 2.22. The number of hydrogen-bond acceptors (Lipinski definition) is 2. The van der Waals surface area contributed by atoms with Gasteiger partial charge in [0.2, 0.25) is 0 Å². The standard InChI is InChI=1S/C8H20N2.Cl.Sb/c1-2-3-4-5-6-7-8(9)10;;/h8H,2-7,9-10H2,1H3;;. The number of hydrogen-bond donors (Lipinski definition) is 2. The Morgan fingerprint density at radius 1 is 1.00 bits per heavy atom. The summed E-state index contributed by atoms with van der Waals surface area (Å²) in [7, 11) is 0. The maximum absolute atomic E-state index is 5.38. The van der Waals surface area contributed by atoms with Crippen LogP contribution in [0.1, 0.15) is 45.4 Å². The van der Waals surface area contributed by atoms with Gasteiger partial charge < -0.3 is 11.5 Å². The van der Waals surface area contributed by atoms with Crippen molar-refractivity contribution in [3.8, 4) is 0 Å². The first-order valence-electron chi connectivity index (χ1n) is 4.28. The van der Waals surface area contributed by atoms with Crippen molar-refractivity contribution in [2.24, 2.45) is 11.5 Å². The van der Waals surface area contributed by atoms with Crippen molar-refractivity contribution in [2.75, 3.05) is 0 Å². The largest absolute Gasteiger partial charge is 0.316 e. The van der Waals surface area contributed by atoms with E-state index in [1.165, 1.54) is 32.1 Å². The van der Waals surface area contributed by atoms with Crippen LogP contribution < -0.4 is 11.5 Å². The molecule has 0 unspecified atom stereocenters. The second-order valence-corrected chi connectivity index (χ2v) is 2.87. The van der Waals surface area contributed by atoms with Crippen LogP contribution in [0.2, 0.25) is 0 Å². The molecule has 2 nitrogen and oxygen atoms in total. The molecule has 12 heavy (non-hydrogen) atoms. The van der Waals surface area contributed by atoms with E-state index in [0.29, 0.717) is 0 Å². The van der Waals surface area contributed by atoms with E-state index in [1.807, 2.05) is 0 Å². The molecule has 0 saturated heterocycles. The maximum atomic E-state index is 5.38. The van der Waals surface area contributed by atoms with E-state index >= 15 is 0 Å². The fraction of sp³-hybridized carbons (Fsp3) is 1.00. The van der Waals surface area contributed by atoms with Crippen molar-refractivity contribution < 1.29 is 0 Å². The molecule has 0 atom stereocenters. The molecular weight excluding hydrogens is 281 g/mol. The maximum Gasteiger partial charge on any atom is 0.0520 e. The molecule has 0 saturated carbocycles. The predicted molar refractivity (Wildman–Crippen MR) is 57.1 cm³/mol. The first kappa shape index (κ1) is 18.7. The van der Waals surface area contributed by atoms with E-state index in [9.17, 15) is 0 Å². The second-order valence-electron chi connectivity index (χ2n) is 2.87. The molecule has 0 aliphatic heterocycles. The van der Waals surface area contributed by atoms with Crippen LogP contribution in [0.15, 0.2) is 0 Å². The quantitative estimate of drug-likeness (QED) is 0.447. The minimum absolute atomic E-state index is 0. The van der Waals surface area contributed by atoms with Gasteiger partial charge in [0.1, 0.15) is 0 Å². The monoisotopic (exact) mass is 300 g/mol. The number of halogens is 1. The SMILES string of the molecule is CCCCCCCC(N)N.[Cl].[Sb]. The molecule has 0 aromatic carbocycles. The fourth-order valence-electron chi connectivity index (χ4n) is 0.984. The first-order chi connectivity index (χ1) is 4.77. The zero-order chi connectivity index (χ0) is 7.82. The van der Waals surface area contributed by atoms with E-state index in [-0.39, 0.29) is 43.0 Å². The summed E-state index contributed by atoms with van der Waals surface area (Å²) < 4.78 is 0. The minimum Gasteiger partial charge on any atom is -0.316 e. The zero-order valence-electron chi connectivity index (χ0n) is 7.80. The summed E-state index contributed by atoms with van der Waals surface area (Å²) in [6, 6.07) is 0. The third kappa shape index (κ3) is 17.2. The Labute approximate surface area is 99.7 Å². The molecule has 0 rings (SSSR count). The molecular formula is C8H20ClN2Sb. The van der Waals surface area contributed by atoms with Crippen molar-refractivity contribution in [3.63, 3.8) is 0 Å². The molecule has 4 N–H and O–H groups in total. The normalized spacial score (nSPS) is 9.00. The van der Waals surface area contributed by atoms with Crippen LogP contribution in [0.5, 0.6) is 0 Å². The van der Waals surface area contributed by atoms with Gasteiger partial charge in [0, 0.05) is 36.8 Å². The van der Waals surface area contributed by atoms with E-state index in [4.69, 9.17) is 11.5 Å². The summed E-state index contributed by atoms with van der Waals surface area (Å²) in [5.41, 5.74) is 10.8. The van der Waals surface area contributed by atoms with Crippen molar-refractivity contribution in [2.45, 2.75) is 51.6 Å². The van der Waals surface area contributed by atoms with Crippen LogP contribution in [0.3, 0.4) is 0 Å². The topological polar surface area (TPSA) is 52.0 Å². The summed E-state index contributed by atoms with van der Waals surface area (Å²) in [4.78, 5) is 0. The van der Waals surface area contributed by atoms with Crippen LogP contribution in [-0.4, -0.2) is 30.6 Å². The van der Waals surface area contributed by atoms with Crippen molar-refractivity contribution in [3.05, 3.63) is 0 Å². The molecule has 0 aliphatic rings. The van der Waals surface area contributed by atoms with Gasteiger partial charge in [-0.3, -0.25) is 0 Å². The van der Waals surface area contributed by atoms with Crippen LogP contribution in [0.4, 0.5) is 0 Å². The van der Waals surface area contributed by atoms with Gasteiger partial charge in [0.05, 0.1) is 6.17 Å². The molecule has 0 spiro atoms. The molecule has 0 amide bonds. The van der Waals surface area contributed by atoms with E-state index < -0.39 is 0 Å². The van der Waals surface area contributed by atoms with E-state index in [0.717, 1.165) is 6.42 Å². The van der Waals surface area contributed by atoms with Gasteiger partial charge in [-0.15, -0.1) is 0 Å². The minimum atomic E-state index is -0.0957. The molecule has 74 valence electrons. The Morgan fingerprint density at radius 2 is 1.50 bits per heavy atom. The summed E-state index contributed by atoms with van der Waals surface area (Å²) >= 11 is 0. The molecule has 0 aliphatic carbocycles. The van der Waals surface area contributed by atoms with E-state index in [2.05, 4.69) is 6.92 Å². The Hall–Kier alpha value is 1.03. The molecule has 0 aromatic heterocycles. The van der Waals surface area contributed by atoms with Crippen molar-refractivity contribution in [1.82, 2.24) is 0 Å². The molecule has 0 fully saturated rings. The van der Waals surface area contributed by atoms with Gasteiger partial charge in [-0.25, -0.2) is 0 Å². The average molecular weight is 301 g/mol. The van der Waals surface area contributed by atoms with Gasteiger partial charge >= 0.3 is 0 Å². The van der Waals surface area contributed by atoms with Gasteiger partial charge in [0.15, 0.2) is 0 Å². The fourth-order valence-corrected chi connectivity index (χ4v) is 0.984. The summed E-state index contributed by atoms with van der Waals surface area (Å²) in [5, 5.41) is 0. The molecule has 0 aromatic rings. The smallest absolute Gasteiger partial charge is 0.0520 e. The molecule has 0 bridgehead atoms. The second kappa shape index (κ2) is 14.5. The van der Waals surface area contributed by atoms with Crippen molar-refractivity contribution >= 4 is 36.8 Å². The van der Waals surface area contributed by atoms with Gasteiger partial charge in [-0.2, -0.15) is 0 Å². The summed E-state index contributed by atoms with van der Waals surface area (Å²) in [5.74, 6) is 0. The Morgan fingerprint density at radius 3 is 1.92 bits per heavy atom. The number of nitrogens with two attached hydrogens (primary N) is 2. The molecule has 4 radical (unpaired) electrons.